The van der Waals surface area contributed by atoms with Gasteiger partial charge in [-0.15, -0.1) is 11.8 Å². The first-order valence-corrected chi connectivity index (χ1v) is 8.03. The Hall–Kier alpha value is -0.470. The van der Waals surface area contributed by atoms with E-state index in [1.54, 1.807) is 0 Å². The molecule has 0 amide bonds. The highest BCUT2D eigenvalue weighted by Gasteiger charge is 2.24. The van der Waals surface area contributed by atoms with Crippen LogP contribution in [0.1, 0.15) is 33.1 Å². The molecule has 2 rings (SSSR count). The third kappa shape index (κ3) is 4.33. The summed E-state index contributed by atoms with van der Waals surface area (Å²) in [6.45, 7) is 5.61. The minimum absolute atomic E-state index is 0.507. The molecular weight excluding hydrogens is 240 g/mol. The van der Waals surface area contributed by atoms with Crippen molar-refractivity contribution < 1.29 is 4.74 Å². The van der Waals surface area contributed by atoms with E-state index in [0.29, 0.717) is 6.10 Å². The van der Waals surface area contributed by atoms with E-state index in [-0.39, 0.29) is 0 Å². The summed E-state index contributed by atoms with van der Waals surface area (Å²) in [7, 11) is 0. The summed E-state index contributed by atoms with van der Waals surface area (Å²) in [5.74, 6) is 2.76. The van der Waals surface area contributed by atoms with Crippen LogP contribution in [0.3, 0.4) is 0 Å². The molecule has 3 atom stereocenters. The summed E-state index contributed by atoms with van der Waals surface area (Å²) >= 11 is 1.89. The van der Waals surface area contributed by atoms with E-state index in [9.17, 15) is 0 Å². The number of hydrogen-bond donors (Lipinski definition) is 0. The molecule has 1 fully saturated rings. The van der Waals surface area contributed by atoms with Gasteiger partial charge in [-0.1, -0.05) is 32.0 Å². The molecule has 1 nitrogen and oxygen atoms in total. The van der Waals surface area contributed by atoms with Crippen molar-refractivity contribution in [1.82, 2.24) is 0 Å². The van der Waals surface area contributed by atoms with Gasteiger partial charge in [0.15, 0.2) is 0 Å². The van der Waals surface area contributed by atoms with Crippen LogP contribution >= 0.6 is 11.8 Å². The predicted octanol–water partition coefficient (Wildman–Crippen LogP) is 4.62. The number of ether oxygens (including phenoxy) is 1. The molecule has 1 aromatic rings. The fraction of sp³-hybridized carbons (Fsp3) is 0.625. The maximum Gasteiger partial charge on any atom is 0.0578 e. The van der Waals surface area contributed by atoms with Gasteiger partial charge >= 0.3 is 0 Å². The summed E-state index contributed by atoms with van der Waals surface area (Å²) in [6.07, 6.45) is 4.34. The first kappa shape index (κ1) is 14.0. The van der Waals surface area contributed by atoms with E-state index in [0.717, 1.165) is 24.2 Å². The lowest BCUT2D eigenvalue weighted by Crippen LogP contribution is -2.27. The summed E-state index contributed by atoms with van der Waals surface area (Å²) < 4.78 is 6.00. The molecule has 1 aliphatic carbocycles. The van der Waals surface area contributed by atoms with Crippen molar-refractivity contribution >= 4 is 11.8 Å². The quantitative estimate of drug-likeness (QED) is 0.567. The van der Waals surface area contributed by atoms with Gasteiger partial charge in [0, 0.05) is 10.6 Å². The molecule has 0 bridgehead atoms. The van der Waals surface area contributed by atoms with E-state index in [4.69, 9.17) is 4.74 Å². The summed E-state index contributed by atoms with van der Waals surface area (Å²) in [5, 5.41) is 0. The summed E-state index contributed by atoms with van der Waals surface area (Å²) in [5.41, 5.74) is 0. The molecule has 1 aliphatic rings. The second-order valence-corrected chi connectivity index (χ2v) is 6.59. The molecular formula is C16H24OS. The molecule has 0 N–H and O–H groups in total. The third-order valence-corrected chi connectivity index (χ3v) is 4.98. The number of rotatable bonds is 5. The Kier molecular flexibility index (Phi) is 5.58. The average molecular weight is 264 g/mol. The first-order chi connectivity index (χ1) is 8.75. The highest BCUT2D eigenvalue weighted by molar-refractivity contribution is 7.99. The van der Waals surface area contributed by atoms with Crippen molar-refractivity contribution in [2.45, 2.75) is 44.1 Å². The van der Waals surface area contributed by atoms with Crippen molar-refractivity contribution in [2.24, 2.45) is 11.8 Å². The topological polar surface area (TPSA) is 9.23 Å². The van der Waals surface area contributed by atoms with E-state index < -0.39 is 0 Å². The highest BCUT2D eigenvalue weighted by atomic mass is 32.2. The Morgan fingerprint density at radius 2 is 1.89 bits per heavy atom. The van der Waals surface area contributed by atoms with Crippen LogP contribution in [0, 0.1) is 11.8 Å². The normalized spacial score (nSPS) is 28.2. The molecule has 0 radical (unpaired) electrons. The van der Waals surface area contributed by atoms with Gasteiger partial charge in [-0.3, -0.25) is 0 Å². The predicted molar refractivity (Wildman–Crippen MR) is 79.1 cm³/mol. The third-order valence-electron chi connectivity index (χ3n) is 4.00. The van der Waals surface area contributed by atoms with Gasteiger partial charge in [0.05, 0.1) is 12.7 Å². The average Bonchev–Trinajstić information content (AvgIpc) is 2.40. The van der Waals surface area contributed by atoms with Crippen molar-refractivity contribution in [3.63, 3.8) is 0 Å². The van der Waals surface area contributed by atoms with Crippen LogP contribution in [0.5, 0.6) is 0 Å². The van der Waals surface area contributed by atoms with Gasteiger partial charge < -0.3 is 4.74 Å². The molecule has 2 heteroatoms. The van der Waals surface area contributed by atoms with Gasteiger partial charge in [-0.25, -0.2) is 0 Å². The highest BCUT2D eigenvalue weighted by Crippen LogP contribution is 2.31. The van der Waals surface area contributed by atoms with Crippen molar-refractivity contribution in [3.05, 3.63) is 30.3 Å². The molecule has 1 saturated carbocycles. The zero-order valence-electron chi connectivity index (χ0n) is 11.5. The second kappa shape index (κ2) is 7.20. The van der Waals surface area contributed by atoms with E-state index in [1.807, 2.05) is 11.8 Å². The van der Waals surface area contributed by atoms with Crippen LogP contribution in [0.2, 0.25) is 0 Å². The van der Waals surface area contributed by atoms with Crippen LogP contribution in [-0.2, 0) is 4.74 Å². The fourth-order valence-electron chi connectivity index (χ4n) is 2.54. The Morgan fingerprint density at radius 3 is 2.61 bits per heavy atom. The van der Waals surface area contributed by atoms with Crippen LogP contribution in [0.15, 0.2) is 35.2 Å². The van der Waals surface area contributed by atoms with Crippen LogP contribution in [0.4, 0.5) is 0 Å². The SMILES string of the molecule is CC1CCC(OCCSc2ccccc2)CC1C. The molecule has 100 valence electrons. The molecule has 0 saturated heterocycles. The lowest BCUT2D eigenvalue weighted by atomic mass is 9.80. The van der Waals surface area contributed by atoms with Gasteiger partial charge in [0.25, 0.3) is 0 Å². The molecule has 1 aromatic carbocycles. The lowest BCUT2D eigenvalue weighted by Gasteiger charge is -2.31. The number of hydrogen-bond acceptors (Lipinski definition) is 2. The molecule has 0 spiro atoms. The van der Waals surface area contributed by atoms with Crippen LogP contribution < -0.4 is 0 Å². The minimum atomic E-state index is 0.507. The Labute approximate surface area is 115 Å². The molecule has 0 aliphatic heterocycles. The van der Waals surface area contributed by atoms with Crippen molar-refractivity contribution in [2.75, 3.05) is 12.4 Å². The Bertz CT molecular complexity index is 338. The Balaban J connectivity index is 1.61. The van der Waals surface area contributed by atoms with Crippen LogP contribution in [-0.4, -0.2) is 18.5 Å². The number of benzene rings is 1. The van der Waals surface area contributed by atoms with E-state index >= 15 is 0 Å². The van der Waals surface area contributed by atoms with Gasteiger partial charge in [-0.2, -0.15) is 0 Å². The molecule has 18 heavy (non-hydrogen) atoms. The zero-order chi connectivity index (χ0) is 12.8. The summed E-state index contributed by atoms with van der Waals surface area (Å²) in [4.78, 5) is 1.34. The number of thioether (sulfide) groups is 1. The van der Waals surface area contributed by atoms with Gasteiger partial charge in [-0.05, 0) is 43.2 Å². The maximum atomic E-state index is 6.00. The van der Waals surface area contributed by atoms with E-state index in [1.165, 1.54) is 24.2 Å². The fourth-order valence-corrected chi connectivity index (χ4v) is 3.31. The Morgan fingerprint density at radius 1 is 1.11 bits per heavy atom. The molecule has 0 heterocycles. The molecule has 0 aromatic heterocycles. The molecule has 3 unspecified atom stereocenters. The monoisotopic (exact) mass is 264 g/mol. The minimum Gasteiger partial charge on any atom is -0.377 e. The van der Waals surface area contributed by atoms with Gasteiger partial charge in [0.1, 0.15) is 0 Å². The van der Waals surface area contributed by atoms with Gasteiger partial charge in [0.2, 0.25) is 0 Å². The summed E-state index contributed by atoms with van der Waals surface area (Å²) in [6, 6.07) is 10.6. The van der Waals surface area contributed by atoms with Crippen molar-refractivity contribution in [1.29, 1.82) is 0 Å². The first-order valence-electron chi connectivity index (χ1n) is 7.05. The smallest absolute Gasteiger partial charge is 0.0578 e. The van der Waals surface area contributed by atoms with E-state index in [2.05, 4.69) is 44.2 Å². The largest absolute Gasteiger partial charge is 0.377 e. The van der Waals surface area contributed by atoms with Crippen LogP contribution in [0.25, 0.3) is 0 Å². The maximum absolute atomic E-state index is 6.00. The van der Waals surface area contributed by atoms with Crippen molar-refractivity contribution in [3.8, 4) is 0 Å². The second-order valence-electron chi connectivity index (χ2n) is 5.42. The lowest BCUT2D eigenvalue weighted by molar-refractivity contribution is 0.0108. The standard InChI is InChI=1S/C16H24OS/c1-13-8-9-15(12-14(13)2)17-10-11-18-16-6-4-3-5-7-16/h3-7,13-15H,8-12H2,1-2H3. The zero-order valence-corrected chi connectivity index (χ0v) is 12.3.